The Balaban J connectivity index is 2.17. The van der Waals surface area contributed by atoms with Crippen molar-refractivity contribution in [3.63, 3.8) is 0 Å². The van der Waals surface area contributed by atoms with E-state index < -0.39 is 17.2 Å². The first-order valence-corrected chi connectivity index (χ1v) is 7.78. The van der Waals surface area contributed by atoms with Crippen LogP contribution in [0, 0.1) is 17.6 Å². The molecule has 0 N–H and O–H groups in total. The Morgan fingerprint density at radius 3 is 2.90 bits per heavy atom. The minimum absolute atomic E-state index is 0.0260. The van der Waals surface area contributed by atoms with Gasteiger partial charge >= 0.3 is 5.97 Å². The van der Waals surface area contributed by atoms with E-state index in [0.29, 0.717) is 23.0 Å². The number of hydrogen-bond donors (Lipinski definition) is 0. The molecule has 6 heteroatoms. The lowest BCUT2D eigenvalue weighted by atomic mass is 9.89. The summed E-state index contributed by atoms with van der Waals surface area (Å²) in [4.78, 5) is 10.8. The molecule has 0 unspecified atom stereocenters. The normalized spacial score (nSPS) is 25.7. The quantitative estimate of drug-likeness (QED) is 0.446. The van der Waals surface area contributed by atoms with Crippen molar-refractivity contribution < 1.29 is 23.0 Å². The molecular weight excluding hydrogens is 381 g/mol. The first-order chi connectivity index (χ1) is 9.47. The van der Waals surface area contributed by atoms with Crippen molar-refractivity contribution in [2.24, 2.45) is 5.92 Å². The number of esters is 1. The SMILES string of the molecule is CC(=O)OC[C@H]1CO[C@](CI)(c2ccc(F)cc2F)C1. The zero-order valence-corrected chi connectivity index (χ0v) is 13.2. The number of ether oxygens (including phenoxy) is 2. The summed E-state index contributed by atoms with van der Waals surface area (Å²) in [5, 5.41) is 0. The summed E-state index contributed by atoms with van der Waals surface area (Å²) in [6.07, 6.45) is 0.547. The third-order valence-electron chi connectivity index (χ3n) is 3.37. The maximum Gasteiger partial charge on any atom is 0.302 e. The average Bonchev–Trinajstić information content (AvgIpc) is 2.81. The molecule has 1 aliphatic rings. The fraction of sp³-hybridized carbons (Fsp3) is 0.500. The summed E-state index contributed by atoms with van der Waals surface area (Å²) >= 11 is 2.13. The van der Waals surface area contributed by atoms with Gasteiger partial charge in [-0.3, -0.25) is 4.79 Å². The Bertz CT molecular complexity index is 509. The van der Waals surface area contributed by atoms with E-state index in [0.717, 1.165) is 6.07 Å². The van der Waals surface area contributed by atoms with Crippen LogP contribution in [0.3, 0.4) is 0 Å². The second-order valence-electron chi connectivity index (χ2n) is 4.94. The van der Waals surface area contributed by atoms with Gasteiger partial charge in [-0.05, 0) is 12.5 Å². The van der Waals surface area contributed by atoms with Crippen molar-refractivity contribution in [1.82, 2.24) is 0 Å². The Kier molecular flexibility index (Phi) is 4.95. The van der Waals surface area contributed by atoms with Gasteiger partial charge < -0.3 is 9.47 Å². The fourth-order valence-corrected chi connectivity index (χ4v) is 3.36. The summed E-state index contributed by atoms with van der Waals surface area (Å²) in [5.41, 5.74) is -0.415. The minimum atomic E-state index is -0.775. The molecule has 1 fully saturated rings. The van der Waals surface area contributed by atoms with Crippen LogP contribution in [-0.2, 0) is 19.9 Å². The molecule has 0 saturated carbocycles. The van der Waals surface area contributed by atoms with Gasteiger partial charge in [0.1, 0.15) is 17.2 Å². The number of rotatable bonds is 4. The van der Waals surface area contributed by atoms with E-state index in [1.807, 2.05) is 0 Å². The molecule has 1 aromatic carbocycles. The van der Waals surface area contributed by atoms with Crippen LogP contribution in [0.25, 0.3) is 0 Å². The van der Waals surface area contributed by atoms with Crippen molar-refractivity contribution in [2.45, 2.75) is 18.9 Å². The standard InChI is InChI=1S/C14H15F2IO3/c1-9(18)19-6-10-5-14(8-17,20-7-10)12-3-2-11(15)4-13(12)16/h2-4,10H,5-8H2,1H3/t10-,14+/m0/s1. The zero-order valence-electron chi connectivity index (χ0n) is 11.0. The zero-order chi connectivity index (χ0) is 14.8. The molecule has 0 aliphatic carbocycles. The molecule has 0 radical (unpaired) electrons. The van der Waals surface area contributed by atoms with Gasteiger partial charge in [-0.1, -0.05) is 28.7 Å². The molecule has 0 bridgehead atoms. The van der Waals surface area contributed by atoms with Gasteiger partial charge in [0.05, 0.1) is 13.2 Å². The van der Waals surface area contributed by atoms with E-state index in [9.17, 15) is 13.6 Å². The average molecular weight is 396 g/mol. The highest BCUT2D eigenvalue weighted by Crippen LogP contribution is 2.41. The molecular formula is C14H15F2IO3. The molecule has 2 atom stereocenters. The van der Waals surface area contributed by atoms with Crippen molar-refractivity contribution >= 4 is 28.6 Å². The molecule has 1 aromatic rings. The first-order valence-electron chi connectivity index (χ1n) is 6.25. The smallest absolute Gasteiger partial charge is 0.302 e. The van der Waals surface area contributed by atoms with E-state index in [1.165, 1.54) is 19.1 Å². The largest absolute Gasteiger partial charge is 0.465 e. The maximum absolute atomic E-state index is 14.0. The maximum atomic E-state index is 14.0. The van der Waals surface area contributed by atoms with Crippen LogP contribution in [0.1, 0.15) is 18.9 Å². The molecule has 1 aliphatic heterocycles. The predicted molar refractivity (Wildman–Crippen MR) is 77.6 cm³/mol. The predicted octanol–water partition coefficient (Wildman–Crippen LogP) is 3.19. The molecule has 110 valence electrons. The highest BCUT2D eigenvalue weighted by atomic mass is 127. The van der Waals surface area contributed by atoms with Gasteiger partial charge in [0, 0.05) is 28.9 Å². The lowest BCUT2D eigenvalue weighted by Gasteiger charge is -2.27. The van der Waals surface area contributed by atoms with Crippen LogP contribution in [0.15, 0.2) is 18.2 Å². The van der Waals surface area contributed by atoms with E-state index in [4.69, 9.17) is 9.47 Å². The second-order valence-corrected chi connectivity index (χ2v) is 5.70. The Morgan fingerprint density at radius 2 is 2.30 bits per heavy atom. The molecule has 1 heterocycles. The third-order valence-corrected chi connectivity index (χ3v) is 4.61. The number of benzene rings is 1. The minimum Gasteiger partial charge on any atom is -0.465 e. The molecule has 0 aromatic heterocycles. The highest BCUT2D eigenvalue weighted by molar-refractivity contribution is 14.1. The number of halogens is 3. The van der Waals surface area contributed by atoms with Crippen LogP contribution in [0.2, 0.25) is 0 Å². The van der Waals surface area contributed by atoms with Gasteiger partial charge in [-0.2, -0.15) is 0 Å². The van der Waals surface area contributed by atoms with Crippen LogP contribution in [0.5, 0.6) is 0 Å². The van der Waals surface area contributed by atoms with Gasteiger partial charge in [-0.25, -0.2) is 8.78 Å². The molecule has 0 spiro atoms. The number of hydrogen-bond acceptors (Lipinski definition) is 3. The van der Waals surface area contributed by atoms with E-state index >= 15 is 0 Å². The van der Waals surface area contributed by atoms with Crippen LogP contribution < -0.4 is 0 Å². The van der Waals surface area contributed by atoms with Crippen molar-refractivity contribution in [1.29, 1.82) is 0 Å². The Labute approximate surface area is 129 Å². The summed E-state index contributed by atoms with van der Waals surface area (Å²) in [5.74, 6) is -1.53. The monoisotopic (exact) mass is 396 g/mol. The molecule has 1 saturated heterocycles. The number of alkyl halides is 1. The Hall–Kier alpha value is -0.760. The van der Waals surface area contributed by atoms with Gasteiger partial charge in [0.15, 0.2) is 0 Å². The lowest BCUT2D eigenvalue weighted by Crippen LogP contribution is -2.28. The third kappa shape index (κ3) is 3.28. The molecule has 0 amide bonds. The van der Waals surface area contributed by atoms with Gasteiger partial charge in [0.25, 0.3) is 0 Å². The van der Waals surface area contributed by atoms with E-state index in [1.54, 1.807) is 0 Å². The van der Waals surface area contributed by atoms with Crippen molar-refractivity contribution in [3.05, 3.63) is 35.4 Å². The summed E-state index contributed by atoms with van der Waals surface area (Å²) in [7, 11) is 0. The Morgan fingerprint density at radius 1 is 1.55 bits per heavy atom. The summed E-state index contributed by atoms with van der Waals surface area (Å²) < 4.78 is 38.3. The topological polar surface area (TPSA) is 35.5 Å². The van der Waals surface area contributed by atoms with Gasteiger partial charge in [0.2, 0.25) is 0 Å². The fourth-order valence-electron chi connectivity index (χ4n) is 2.42. The lowest BCUT2D eigenvalue weighted by molar-refractivity contribution is -0.142. The van der Waals surface area contributed by atoms with Crippen LogP contribution >= 0.6 is 22.6 Å². The number of carbonyl (C=O) groups is 1. The van der Waals surface area contributed by atoms with Crippen molar-refractivity contribution in [3.8, 4) is 0 Å². The summed E-state index contributed by atoms with van der Waals surface area (Å²) in [6, 6.07) is 3.53. The van der Waals surface area contributed by atoms with Crippen LogP contribution in [-0.4, -0.2) is 23.6 Å². The van der Waals surface area contributed by atoms with Gasteiger partial charge in [-0.15, -0.1) is 0 Å². The van der Waals surface area contributed by atoms with E-state index in [-0.39, 0.29) is 18.5 Å². The molecule has 2 rings (SSSR count). The number of carbonyl (C=O) groups excluding carboxylic acids is 1. The molecule has 3 nitrogen and oxygen atoms in total. The van der Waals surface area contributed by atoms with Crippen LogP contribution in [0.4, 0.5) is 8.78 Å². The van der Waals surface area contributed by atoms with Crippen molar-refractivity contribution in [2.75, 3.05) is 17.6 Å². The first kappa shape index (κ1) is 15.6. The van der Waals surface area contributed by atoms with E-state index in [2.05, 4.69) is 22.6 Å². The summed E-state index contributed by atoms with van der Waals surface area (Å²) in [6.45, 7) is 2.00. The second kappa shape index (κ2) is 6.34. The highest BCUT2D eigenvalue weighted by Gasteiger charge is 2.43. The molecule has 20 heavy (non-hydrogen) atoms.